The van der Waals surface area contributed by atoms with Crippen LogP contribution in [0.25, 0.3) is 0 Å². The van der Waals surface area contributed by atoms with Crippen LogP contribution in [0.2, 0.25) is 0 Å². The van der Waals surface area contributed by atoms with Crippen molar-refractivity contribution in [1.82, 2.24) is 9.88 Å². The van der Waals surface area contributed by atoms with E-state index in [1.165, 1.54) is 34.9 Å². The molecular formula is C33H35F2N3O6. The lowest BCUT2D eigenvalue weighted by Gasteiger charge is -2.31. The molecule has 1 saturated carbocycles. The number of anilines is 1. The Morgan fingerprint density at radius 3 is 2.45 bits per heavy atom. The number of carbonyl (C=O) groups excluding carboxylic acids is 3. The maximum atomic E-state index is 13.6. The van der Waals surface area contributed by atoms with Crippen molar-refractivity contribution >= 4 is 23.5 Å². The summed E-state index contributed by atoms with van der Waals surface area (Å²) in [7, 11) is 1.63. The number of amides is 2. The van der Waals surface area contributed by atoms with E-state index in [9.17, 15) is 23.2 Å². The van der Waals surface area contributed by atoms with Gasteiger partial charge in [0, 0.05) is 38.2 Å². The van der Waals surface area contributed by atoms with E-state index in [1.54, 1.807) is 32.2 Å². The number of halogens is 2. The molecule has 232 valence electrons. The molecule has 0 radical (unpaired) electrons. The molecule has 44 heavy (non-hydrogen) atoms. The van der Waals surface area contributed by atoms with Crippen LogP contribution in [0.5, 0.6) is 17.4 Å². The van der Waals surface area contributed by atoms with Gasteiger partial charge in [-0.1, -0.05) is 29.8 Å². The van der Waals surface area contributed by atoms with E-state index < -0.39 is 18.1 Å². The average molecular weight is 608 g/mol. The summed E-state index contributed by atoms with van der Waals surface area (Å²) in [6.45, 7) is 2.53. The maximum absolute atomic E-state index is 13.6. The van der Waals surface area contributed by atoms with Gasteiger partial charge in [0.15, 0.2) is 11.5 Å². The lowest BCUT2D eigenvalue weighted by atomic mass is 9.89. The molecule has 0 unspecified atom stereocenters. The summed E-state index contributed by atoms with van der Waals surface area (Å²) in [5, 5.41) is 0. The molecule has 1 aliphatic heterocycles. The van der Waals surface area contributed by atoms with Crippen molar-refractivity contribution in [3.8, 4) is 17.4 Å². The van der Waals surface area contributed by atoms with Crippen LogP contribution >= 0.6 is 0 Å². The standard InChI is InChI=1S/C33H35F2N3O6/c1-20-8-13-25(14-9-20)37(4)30(40)26-6-5-7-29(36-26)44-31(41)33(3)17-24(18-38(33)21(2)39)23-12-15-27(43-32(34)35)28(16-23)42-19-22-10-11-22/h5-9,12-16,22,24,32H,10-11,17-19H2,1-4H3/t24-,33+/m1/s1. The van der Waals surface area contributed by atoms with Gasteiger partial charge in [-0.2, -0.15) is 8.78 Å². The number of aryl methyl sites for hydroxylation is 1. The average Bonchev–Trinajstić information content (AvgIpc) is 3.75. The highest BCUT2D eigenvalue weighted by Gasteiger charge is 2.51. The van der Waals surface area contributed by atoms with Gasteiger partial charge >= 0.3 is 12.6 Å². The maximum Gasteiger partial charge on any atom is 0.387 e. The minimum atomic E-state index is -3.01. The van der Waals surface area contributed by atoms with E-state index >= 15 is 0 Å². The Hall–Kier alpha value is -4.54. The van der Waals surface area contributed by atoms with Gasteiger partial charge in [0.2, 0.25) is 11.8 Å². The zero-order valence-electron chi connectivity index (χ0n) is 25.1. The molecule has 11 heteroatoms. The van der Waals surface area contributed by atoms with Crippen molar-refractivity contribution in [2.75, 3.05) is 25.1 Å². The summed E-state index contributed by atoms with van der Waals surface area (Å²) in [5.41, 5.74) is 1.18. The molecule has 0 N–H and O–H groups in total. The summed E-state index contributed by atoms with van der Waals surface area (Å²) in [4.78, 5) is 46.7. The second-order valence-electron chi connectivity index (χ2n) is 11.6. The predicted molar refractivity (Wildman–Crippen MR) is 158 cm³/mol. The number of likely N-dealkylation sites (tertiary alicyclic amines) is 1. The van der Waals surface area contributed by atoms with Crippen molar-refractivity contribution in [3.05, 3.63) is 77.5 Å². The highest BCUT2D eigenvalue weighted by molar-refractivity contribution is 6.04. The van der Waals surface area contributed by atoms with Crippen molar-refractivity contribution in [2.24, 2.45) is 5.92 Å². The lowest BCUT2D eigenvalue weighted by molar-refractivity contribution is -0.152. The van der Waals surface area contributed by atoms with E-state index in [0.29, 0.717) is 23.8 Å². The van der Waals surface area contributed by atoms with E-state index in [2.05, 4.69) is 9.72 Å². The topological polar surface area (TPSA) is 98.3 Å². The number of benzene rings is 2. The van der Waals surface area contributed by atoms with Crippen LogP contribution in [0, 0.1) is 12.8 Å². The van der Waals surface area contributed by atoms with Crippen LogP contribution in [-0.4, -0.2) is 60.0 Å². The summed E-state index contributed by atoms with van der Waals surface area (Å²) in [5.74, 6) is -1.29. The Balaban J connectivity index is 1.34. The predicted octanol–water partition coefficient (Wildman–Crippen LogP) is 5.76. The summed E-state index contributed by atoms with van der Waals surface area (Å²) in [6.07, 6.45) is 2.25. The first-order valence-corrected chi connectivity index (χ1v) is 14.5. The number of hydrogen-bond donors (Lipinski definition) is 0. The Labute approximate surface area is 254 Å². The van der Waals surface area contributed by atoms with Crippen LogP contribution < -0.4 is 19.1 Å². The highest BCUT2D eigenvalue weighted by atomic mass is 19.3. The van der Waals surface area contributed by atoms with Crippen LogP contribution in [0.1, 0.15) is 60.6 Å². The minimum absolute atomic E-state index is 0.0680. The number of esters is 1. The van der Waals surface area contributed by atoms with Crippen molar-refractivity contribution in [3.63, 3.8) is 0 Å². The summed E-state index contributed by atoms with van der Waals surface area (Å²) >= 11 is 0. The summed E-state index contributed by atoms with van der Waals surface area (Å²) in [6, 6.07) is 16.7. The fraction of sp³-hybridized carbons (Fsp3) is 0.394. The first-order chi connectivity index (χ1) is 20.9. The number of rotatable bonds is 10. The zero-order valence-corrected chi connectivity index (χ0v) is 25.1. The third-order valence-corrected chi connectivity index (χ3v) is 8.15. The molecule has 1 aliphatic carbocycles. The quantitative estimate of drug-likeness (QED) is 0.271. The Morgan fingerprint density at radius 2 is 1.80 bits per heavy atom. The Kier molecular flexibility index (Phi) is 8.85. The monoisotopic (exact) mass is 607 g/mol. The highest BCUT2D eigenvalue weighted by Crippen LogP contribution is 2.43. The number of ether oxygens (including phenoxy) is 3. The first-order valence-electron chi connectivity index (χ1n) is 14.5. The smallest absolute Gasteiger partial charge is 0.387 e. The normalized spacial score (nSPS) is 19.5. The largest absolute Gasteiger partial charge is 0.489 e. The Bertz CT molecular complexity index is 1540. The van der Waals surface area contributed by atoms with Crippen molar-refractivity contribution in [1.29, 1.82) is 0 Å². The number of aromatic nitrogens is 1. The van der Waals surface area contributed by atoms with Gasteiger partial charge in [0.05, 0.1) is 6.61 Å². The molecule has 5 rings (SSSR count). The van der Waals surface area contributed by atoms with Crippen LogP contribution in [-0.2, 0) is 9.59 Å². The van der Waals surface area contributed by atoms with E-state index in [0.717, 1.165) is 18.4 Å². The molecule has 2 amide bonds. The Morgan fingerprint density at radius 1 is 1.07 bits per heavy atom. The van der Waals surface area contributed by atoms with Gasteiger partial charge in [0.1, 0.15) is 11.2 Å². The number of pyridine rings is 1. The van der Waals surface area contributed by atoms with Crippen molar-refractivity contribution in [2.45, 2.75) is 58.1 Å². The van der Waals surface area contributed by atoms with Crippen LogP contribution in [0.15, 0.2) is 60.7 Å². The van der Waals surface area contributed by atoms with Gasteiger partial charge in [-0.25, -0.2) is 9.78 Å². The van der Waals surface area contributed by atoms with Crippen LogP contribution in [0.4, 0.5) is 14.5 Å². The van der Waals surface area contributed by atoms with Gasteiger partial charge in [-0.15, -0.1) is 0 Å². The molecule has 1 aromatic heterocycles. The number of hydrogen-bond acceptors (Lipinski definition) is 7. The lowest BCUT2D eigenvalue weighted by Crippen LogP contribution is -2.52. The number of carbonyl (C=O) groups is 3. The van der Waals surface area contributed by atoms with E-state index in [1.807, 2.05) is 31.2 Å². The van der Waals surface area contributed by atoms with Gasteiger partial charge in [-0.3, -0.25) is 9.59 Å². The first kappa shape index (κ1) is 30.9. The third-order valence-electron chi connectivity index (χ3n) is 8.15. The van der Waals surface area contributed by atoms with Gasteiger partial charge < -0.3 is 24.0 Å². The molecule has 1 saturated heterocycles. The fourth-order valence-corrected chi connectivity index (χ4v) is 5.40. The molecule has 2 aliphatic rings. The zero-order chi connectivity index (χ0) is 31.6. The third kappa shape index (κ3) is 6.82. The second kappa shape index (κ2) is 12.6. The number of nitrogens with zero attached hydrogens (tertiary/aromatic N) is 3. The molecular weight excluding hydrogens is 572 g/mol. The van der Waals surface area contributed by atoms with Gasteiger partial charge in [-0.05, 0) is 74.9 Å². The second-order valence-corrected chi connectivity index (χ2v) is 11.6. The molecule has 2 heterocycles. The van der Waals surface area contributed by atoms with Crippen LogP contribution in [0.3, 0.4) is 0 Å². The molecule has 2 atom stereocenters. The molecule has 0 bridgehead atoms. The molecule has 2 aromatic carbocycles. The molecule has 3 aromatic rings. The molecule has 9 nitrogen and oxygen atoms in total. The van der Waals surface area contributed by atoms with Gasteiger partial charge in [0.25, 0.3) is 5.91 Å². The van der Waals surface area contributed by atoms with E-state index in [-0.39, 0.29) is 53.8 Å². The molecule has 2 fully saturated rings. The molecule has 0 spiro atoms. The van der Waals surface area contributed by atoms with Crippen molar-refractivity contribution < 1.29 is 37.4 Å². The SMILES string of the molecule is CC(=O)N1C[C@H](c2ccc(OC(F)F)c(OCC3CC3)c2)C[C@@]1(C)C(=O)Oc1cccc(C(=O)N(C)c2ccc(C)cc2)n1. The van der Waals surface area contributed by atoms with E-state index in [4.69, 9.17) is 9.47 Å². The summed E-state index contributed by atoms with van der Waals surface area (Å²) < 4.78 is 42.2. The minimum Gasteiger partial charge on any atom is -0.489 e. The fourth-order valence-electron chi connectivity index (χ4n) is 5.40. The number of alkyl halides is 2.